The number of benzene rings is 1. The van der Waals surface area contributed by atoms with Crippen molar-refractivity contribution in [1.29, 1.82) is 0 Å². The van der Waals surface area contributed by atoms with E-state index in [9.17, 15) is 19.7 Å². The summed E-state index contributed by atoms with van der Waals surface area (Å²) in [5, 5.41) is 11.3. The highest BCUT2D eigenvalue weighted by Gasteiger charge is 2.19. The monoisotopic (exact) mass is 375 g/mol. The van der Waals surface area contributed by atoms with Crippen LogP contribution in [0.1, 0.15) is 26.3 Å². The Balaban J connectivity index is 2.54. The number of nitrogens with one attached hydrogen (secondary N) is 1. The zero-order chi connectivity index (χ0) is 19.6. The number of Topliss-reactive ketones (excluding diaryl/α,β-unsaturated/α-hetero) is 1. The Hall–Kier alpha value is -2.74. The van der Waals surface area contributed by atoms with Crippen LogP contribution < -0.4 is 19.7 Å². The number of hydrogen-bond donors (Lipinski definition) is 1. The van der Waals surface area contributed by atoms with E-state index in [4.69, 9.17) is 0 Å². The number of nitro groups is 1. The third-order valence-corrected chi connectivity index (χ3v) is 4.62. The Morgan fingerprint density at radius 2 is 1.96 bits per heavy atom. The minimum Gasteiger partial charge on any atom is -0.372 e. The smallest absolute Gasteiger partial charge is 0.293 e. The Morgan fingerprint density at radius 1 is 1.31 bits per heavy atom. The standard InChI is InChI=1S/C18H21N3O4S/c1-18(2,3)15(22)10-16-19-17(23)14(26-16)9-11-6-7-12(20(4)5)13(8-11)21(24)25/h6-10H,1-5H3,(H,19,23). The van der Waals surface area contributed by atoms with Crippen LogP contribution in [-0.2, 0) is 4.79 Å². The van der Waals surface area contributed by atoms with Crippen molar-refractivity contribution in [2.75, 3.05) is 19.0 Å². The largest absolute Gasteiger partial charge is 0.372 e. The van der Waals surface area contributed by atoms with Crippen molar-refractivity contribution in [1.82, 2.24) is 4.98 Å². The summed E-state index contributed by atoms with van der Waals surface area (Å²) in [5.74, 6) is -0.0903. The van der Waals surface area contributed by atoms with Gasteiger partial charge in [0.2, 0.25) is 0 Å². The number of carbonyl (C=O) groups excluding carboxylic acids is 1. The number of anilines is 1. The average Bonchev–Trinajstić information content (AvgIpc) is 2.85. The van der Waals surface area contributed by atoms with Crippen molar-refractivity contribution in [3.63, 3.8) is 0 Å². The molecule has 138 valence electrons. The van der Waals surface area contributed by atoms with Gasteiger partial charge in [-0.3, -0.25) is 19.7 Å². The van der Waals surface area contributed by atoms with Gasteiger partial charge in [-0.1, -0.05) is 26.8 Å². The number of ketones is 1. The lowest BCUT2D eigenvalue weighted by Crippen LogP contribution is -2.22. The highest BCUT2D eigenvalue weighted by atomic mass is 32.1. The van der Waals surface area contributed by atoms with E-state index in [1.165, 1.54) is 12.1 Å². The first kappa shape index (κ1) is 19.6. The number of aromatic amines is 1. The maximum atomic E-state index is 12.1. The molecule has 0 bridgehead atoms. The Bertz CT molecular complexity index is 1030. The molecule has 0 fully saturated rings. The van der Waals surface area contributed by atoms with E-state index < -0.39 is 10.3 Å². The highest BCUT2D eigenvalue weighted by molar-refractivity contribution is 7.07. The zero-order valence-corrected chi connectivity index (χ0v) is 16.1. The Morgan fingerprint density at radius 3 is 2.50 bits per heavy atom. The van der Waals surface area contributed by atoms with E-state index in [1.54, 1.807) is 58.0 Å². The number of rotatable bonds is 4. The zero-order valence-electron chi connectivity index (χ0n) is 15.3. The quantitative estimate of drug-likeness (QED) is 0.647. The summed E-state index contributed by atoms with van der Waals surface area (Å²) >= 11 is 1.14. The summed E-state index contributed by atoms with van der Waals surface area (Å²) < 4.78 is 0.838. The Kier molecular flexibility index (Phi) is 5.46. The lowest BCUT2D eigenvalue weighted by Gasteiger charge is -2.12. The normalized spacial score (nSPS) is 13.1. The van der Waals surface area contributed by atoms with Gasteiger partial charge in [0.05, 0.1) is 14.1 Å². The van der Waals surface area contributed by atoms with Crippen molar-refractivity contribution in [3.8, 4) is 0 Å². The van der Waals surface area contributed by atoms with E-state index in [0.717, 1.165) is 11.3 Å². The third-order valence-electron chi connectivity index (χ3n) is 3.66. The summed E-state index contributed by atoms with van der Waals surface area (Å²) in [7, 11) is 3.45. The molecule has 0 unspecified atom stereocenters. The number of hydrogen-bond acceptors (Lipinski definition) is 6. The van der Waals surface area contributed by atoms with Gasteiger partial charge in [0, 0.05) is 31.7 Å². The molecule has 0 radical (unpaired) electrons. The van der Waals surface area contributed by atoms with Crippen molar-refractivity contribution in [3.05, 3.63) is 53.4 Å². The van der Waals surface area contributed by atoms with Crippen molar-refractivity contribution >= 4 is 40.6 Å². The maximum Gasteiger partial charge on any atom is 0.293 e. The van der Waals surface area contributed by atoms with Gasteiger partial charge in [-0.15, -0.1) is 11.3 Å². The lowest BCUT2D eigenvalue weighted by molar-refractivity contribution is -0.384. The van der Waals surface area contributed by atoms with Crippen LogP contribution in [-0.4, -0.2) is 29.8 Å². The van der Waals surface area contributed by atoms with E-state index in [2.05, 4.69) is 4.98 Å². The molecule has 1 aromatic heterocycles. The van der Waals surface area contributed by atoms with Crippen LogP contribution in [0.15, 0.2) is 23.0 Å². The summed E-state index contributed by atoms with van der Waals surface area (Å²) in [4.78, 5) is 39.3. The summed E-state index contributed by atoms with van der Waals surface area (Å²) in [6.07, 6.45) is 3.00. The molecule has 0 saturated heterocycles. The molecule has 0 saturated carbocycles. The molecule has 8 heteroatoms. The van der Waals surface area contributed by atoms with Crippen LogP contribution in [0.5, 0.6) is 0 Å². The number of carbonyl (C=O) groups is 1. The molecule has 1 heterocycles. The van der Waals surface area contributed by atoms with Gasteiger partial charge in [0.15, 0.2) is 5.78 Å². The van der Waals surface area contributed by atoms with Gasteiger partial charge in [-0.2, -0.15) is 0 Å². The summed E-state index contributed by atoms with van der Waals surface area (Å²) in [6, 6.07) is 4.78. The summed E-state index contributed by atoms with van der Waals surface area (Å²) in [5.41, 5.74) is 0.127. The maximum absolute atomic E-state index is 12.1. The third kappa shape index (κ3) is 4.45. The average molecular weight is 375 g/mol. The van der Waals surface area contributed by atoms with E-state index in [-0.39, 0.29) is 17.0 Å². The molecule has 2 rings (SSSR count). The van der Waals surface area contributed by atoms with E-state index in [0.29, 0.717) is 20.4 Å². The predicted molar refractivity (Wildman–Crippen MR) is 104 cm³/mol. The van der Waals surface area contributed by atoms with Gasteiger partial charge in [-0.05, 0) is 17.7 Å². The van der Waals surface area contributed by atoms with Crippen molar-refractivity contribution < 1.29 is 9.72 Å². The number of thiazole rings is 1. The molecule has 7 nitrogen and oxygen atoms in total. The van der Waals surface area contributed by atoms with Crippen LogP contribution in [0.4, 0.5) is 11.4 Å². The number of H-pyrrole nitrogens is 1. The second-order valence-electron chi connectivity index (χ2n) is 7.09. The molecule has 1 aromatic carbocycles. The molecule has 2 aromatic rings. The SMILES string of the molecule is CN(C)c1ccc(C=c2sc(=CC(=O)C(C)(C)C)[nH]c2=O)cc1[N+](=O)[O-]. The number of nitrogens with zero attached hydrogens (tertiary/aromatic N) is 2. The second kappa shape index (κ2) is 7.25. The van der Waals surface area contributed by atoms with Gasteiger partial charge in [-0.25, -0.2) is 0 Å². The molecule has 1 N–H and O–H groups in total. The number of nitro benzene ring substituents is 1. The fourth-order valence-electron chi connectivity index (χ4n) is 2.17. The topological polar surface area (TPSA) is 96.3 Å². The van der Waals surface area contributed by atoms with Crippen LogP contribution >= 0.6 is 11.3 Å². The molecule has 0 aliphatic rings. The second-order valence-corrected chi connectivity index (χ2v) is 8.17. The predicted octanol–water partition coefficient (Wildman–Crippen LogP) is 1.64. The molecule has 0 spiro atoms. The van der Waals surface area contributed by atoms with Crippen LogP contribution in [0, 0.1) is 15.5 Å². The summed E-state index contributed by atoms with van der Waals surface area (Å²) in [6.45, 7) is 5.40. The highest BCUT2D eigenvalue weighted by Crippen LogP contribution is 2.27. The molecule has 0 aliphatic heterocycles. The Labute approximate surface area is 154 Å². The molecule has 0 aliphatic carbocycles. The molecular formula is C18H21N3O4S. The first-order chi connectivity index (χ1) is 12.0. The number of aromatic nitrogens is 1. The molecular weight excluding hydrogens is 354 g/mol. The molecule has 26 heavy (non-hydrogen) atoms. The molecule has 0 amide bonds. The van der Waals surface area contributed by atoms with Crippen LogP contribution in [0.2, 0.25) is 0 Å². The fraction of sp³-hybridized carbons (Fsp3) is 0.333. The van der Waals surface area contributed by atoms with E-state index >= 15 is 0 Å². The minimum absolute atomic E-state index is 0.0357. The van der Waals surface area contributed by atoms with E-state index in [1.807, 2.05) is 0 Å². The van der Waals surface area contributed by atoms with Crippen molar-refractivity contribution in [2.24, 2.45) is 5.41 Å². The van der Waals surface area contributed by atoms with Gasteiger partial charge in [0.1, 0.15) is 5.69 Å². The first-order valence-electron chi connectivity index (χ1n) is 7.92. The molecule has 0 atom stereocenters. The first-order valence-corrected chi connectivity index (χ1v) is 8.73. The lowest BCUT2D eigenvalue weighted by atomic mass is 9.91. The van der Waals surface area contributed by atoms with Gasteiger partial charge >= 0.3 is 0 Å². The van der Waals surface area contributed by atoms with Crippen LogP contribution in [0.25, 0.3) is 12.2 Å². The van der Waals surface area contributed by atoms with Crippen LogP contribution in [0.3, 0.4) is 0 Å². The van der Waals surface area contributed by atoms with Crippen molar-refractivity contribution in [2.45, 2.75) is 20.8 Å². The fourth-order valence-corrected chi connectivity index (χ4v) is 3.05. The minimum atomic E-state index is -0.534. The van der Waals surface area contributed by atoms with Gasteiger partial charge < -0.3 is 9.88 Å². The van der Waals surface area contributed by atoms with Gasteiger partial charge in [0.25, 0.3) is 11.2 Å².